The quantitative estimate of drug-likeness (QED) is 0.571. The molecule has 3 aromatic carbocycles. The zero-order chi connectivity index (χ0) is 20.2. The van der Waals surface area contributed by atoms with E-state index in [2.05, 4.69) is 61.2 Å². The molecule has 29 heavy (non-hydrogen) atoms. The number of benzene rings is 3. The van der Waals surface area contributed by atoms with E-state index in [-0.39, 0.29) is 5.91 Å². The average molecular weight is 385 g/mol. The Hall–Kier alpha value is -2.91. The van der Waals surface area contributed by atoms with Crippen LogP contribution < -0.4 is 4.90 Å². The standard InChI is InChI=1S/C26H28N2O/c1-3-27(4-2)19-22-13-5-8-14-23(22)26(29)28-24-15-9-6-11-20(24)17-18-21-12-7-10-16-25(21)28/h5-16H,3-4,17-19H2,1-2H3. The van der Waals surface area contributed by atoms with E-state index >= 15 is 0 Å². The van der Waals surface area contributed by atoms with Gasteiger partial charge in [0.25, 0.3) is 5.91 Å². The van der Waals surface area contributed by atoms with E-state index in [1.165, 1.54) is 11.1 Å². The SMILES string of the molecule is CCN(CC)Cc1ccccc1C(=O)N1c2ccccc2CCc2ccccc21. The number of hydrogen-bond acceptors (Lipinski definition) is 2. The second-order valence-electron chi connectivity index (χ2n) is 7.52. The molecular weight excluding hydrogens is 356 g/mol. The van der Waals surface area contributed by atoms with E-state index in [1.807, 2.05) is 35.2 Å². The van der Waals surface area contributed by atoms with Gasteiger partial charge in [-0.2, -0.15) is 0 Å². The Bertz CT molecular complexity index is 959. The van der Waals surface area contributed by atoms with Gasteiger partial charge in [-0.25, -0.2) is 0 Å². The fraction of sp³-hybridized carbons (Fsp3) is 0.269. The molecule has 3 heteroatoms. The van der Waals surface area contributed by atoms with E-state index in [9.17, 15) is 4.79 Å². The third kappa shape index (κ3) is 3.83. The van der Waals surface area contributed by atoms with Crippen molar-refractivity contribution in [2.45, 2.75) is 33.2 Å². The molecule has 1 heterocycles. The maximum atomic E-state index is 14.0. The molecule has 0 atom stereocenters. The van der Waals surface area contributed by atoms with Gasteiger partial charge in [0.1, 0.15) is 0 Å². The van der Waals surface area contributed by atoms with Crippen LogP contribution in [-0.2, 0) is 19.4 Å². The minimum atomic E-state index is 0.0505. The van der Waals surface area contributed by atoms with Crippen LogP contribution in [0.5, 0.6) is 0 Å². The molecule has 0 aromatic heterocycles. The predicted molar refractivity (Wildman–Crippen MR) is 120 cm³/mol. The number of rotatable bonds is 5. The molecule has 0 N–H and O–H groups in total. The lowest BCUT2D eigenvalue weighted by atomic mass is 10.0. The molecule has 4 rings (SSSR count). The second kappa shape index (κ2) is 8.62. The summed E-state index contributed by atoms with van der Waals surface area (Å²) >= 11 is 0. The summed E-state index contributed by atoms with van der Waals surface area (Å²) in [4.78, 5) is 18.2. The van der Waals surface area contributed by atoms with Crippen molar-refractivity contribution in [2.24, 2.45) is 0 Å². The van der Waals surface area contributed by atoms with Crippen LogP contribution in [0.4, 0.5) is 11.4 Å². The molecule has 0 fully saturated rings. The summed E-state index contributed by atoms with van der Waals surface area (Å²) < 4.78 is 0. The Labute approximate surface area is 173 Å². The summed E-state index contributed by atoms with van der Waals surface area (Å²) in [6, 6.07) is 24.6. The number of hydrogen-bond donors (Lipinski definition) is 0. The maximum Gasteiger partial charge on any atom is 0.263 e. The molecule has 0 saturated carbocycles. The summed E-state index contributed by atoms with van der Waals surface area (Å²) in [5, 5.41) is 0. The number of anilines is 2. The van der Waals surface area contributed by atoms with Crippen molar-refractivity contribution in [3.8, 4) is 0 Å². The fourth-order valence-corrected chi connectivity index (χ4v) is 4.17. The van der Waals surface area contributed by atoms with Crippen molar-refractivity contribution < 1.29 is 4.79 Å². The van der Waals surface area contributed by atoms with Gasteiger partial charge < -0.3 is 0 Å². The van der Waals surface area contributed by atoms with Crippen molar-refractivity contribution in [2.75, 3.05) is 18.0 Å². The lowest BCUT2D eigenvalue weighted by molar-refractivity contribution is 0.0997. The first-order valence-electron chi connectivity index (χ1n) is 10.5. The number of carbonyl (C=O) groups excluding carboxylic acids is 1. The van der Waals surface area contributed by atoms with Crippen molar-refractivity contribution in [3.05, 3.63) is 95.1 Å². The van der Waals surface area contributed by atoms with Gasteiger partial charge in [0.15, 0.2) is 0 Å². The smallest absolute Gasteiger partial charge is 0.263 e. The molecule has 0 unspecified atom stereocenters. The van der Waals surface area contributed by atoms with Gasteiger partial charge in [0.2, 0.25) is 0 Å². The molecule has 1 aliphatic heterocycles. The fourth-order valence-electron chi connectivity index (χ4n) is 4.17. The molecule has 1 amide bonds. The van der Waals surface area contributed by atoms with Crippen LogP contribution in [0.2, 0.25) is 0 Å². The largest absolute Gasteiger partial charge is 0.300 e. The van der Waals surface area contributed by atoms with E-state index in [1.54, 1.807) is 0 Å². The second-order valence-corrected chi connectivity index (χ2v) is 7.52. The van der Waals surface area contributed by atoms with Crippen LogP contribution in [0.1, 0.15) is 40.9 Å². The molecule has 0 spiro atoms. The summed E-state index contributed by atoms with van der Waals surface area (Å²) in [5.74, 6) is 0.0505. The molecule has 0 aliphatic carbocycles. The monoisotopic (exact) mass is 384 g/mol. The van der Waals surface area contributed by atoms with Gasteiger partial charge in [-0.05, 0) is 60.8 Å². The molecular formula is C26H28N2O. The molecule has 3 nitrogen and oxygen atoms in total. The van der Waals surface area contributed by atoms with Crippen LogP contribution in [-0.4, -0.2) is 23.9 Å². The molecule has 1 aliphatic rings. The molecule has 0 saturated heterocycles. The summed E-state index contributed by atoms with van der Waals surface area (Å²) in [6.45, 7) is 7.04. The zero-order valence-corrected chi connectivity index (χ0v) is 17.3. The Morgan fingerprint density at radius 1 is 0.793 bits per heavy atom. The Morgan fingerprint density at radius 2 is 1.31 bits per heavy atom. The first kappa shape index (κ1) is 19.4. The first-order chi connectivity index (χ1) is 14.2. The van der Waals surface area contributed by atoms with Crippen molar-refractivity contribution in [1.29, 1.82) is 0 Å². The topological polar surface area (TPSA) is 23.6 Å². The highest BCUT2D eigenvalue weighted by Gasteiger charge is 2.27. The molecule has 0 bridgehead atoms. The van der Waals surface area contributed by atoms with Gasteiger partial charge in [-0.15, -0.1) is 0 Å². The maximum absolute atomic E-state index is 14.0. The van der Waals surface area contributed by atoms with E-state index < -0.39 is 0 Å². The van der Waals surface area contributed by atoms with Gasteiger partial charge in [-0.1, -0.05) is 68.4 Å². The van der Waals surface area contributed by atoms with E-state index in [0.29, 0.717) is 0 Å². The van der Waals surface area contributed by atoms with Crippen molar-refractivity contribution in [3.63, 3.8) is 0 Å². The number of nitrogens with zero attached hydrogens (tertiary/aromatic N) is 2. The average Bonchev–Trinajstić information content (AvgIpc) is 2.94. The van der Waals surface area contributed by atoms with E-state index in [0.717, 1.165) is 55.0 Å². The number of para-hydroxylation sites is 2. The highest BCUT2D eigenvalue weighted by Crippen LogP contribution is 2.37. The highest BCUT2D eigenvalue weighted by atomic mass is 16.2. The Balaban J connectivity index is 1.82. The van der Waals surface area contributed by atoms with Gasteiger partial charge in [0, 0.05) is 12.1 Å². The van der Waals surface area contributed by atoms with Crippen molar-refractivity contribution >= 4 is 17.3 Å². The van der Waals surface area contributed by atoms with Crippen LogP contribution >= 0.6 is 0 Å². The highest BCUT2D eigenvalue weighted by molar-refractivity contribution is 6.12. The summed E-state index contributed by atoms with van der Waals surface area (Å²) in [5.41, 5.74) is 6.31. The minimum Gasteiger partial charge on any atom is -0.300 e. The minimum absolute atomic E-state index is 0.0505. The first-order valence-corrected chi connectivity index (χ1v) is 10.5. The summed E-state index contributed by atoms with van der Waals surface area (Å²) in [7, 11) is 0. The molecule has 148 valence electrons. The molecule has 0 radical (unpaired) electrons. The number of aryl methyl sites for hydroxylation is 2. The number of carbonyl (C=O) groups is 1. The molecule has 3 aromatic rings. The summed E-state index contributed by atoms with van der Waals surface area (Å²) in [6.07, 6.45) is 1.89. The van der Waals surface area contributed by atoms with Crippen molar-refractivity contribution in [1.82, 2.24) is 4.90 Å². The lowest BCUT2D eigenvalue weighted by Gasteiger charge is -2.27. The van der Waals surface area contributed by atoms with Crippen LogP contribution in [0.15, 0.2) is 72.8 Å². The van der Waals surface area contributed by atoms with Crippen LogP contribution in [0.3, 0.4) is 0 Å². The van der Waals surface area contributed by atoms with Gasteiger partial charge >= 0.3 is 0 Å². The van der Waals surface area contributed by atoms with Crippen LogP contribution in [0, 0.1) is 0 Å². The third-order valence-corrected chi connectivity index (χ3v) is 5.87. The Morgan fingerprint density at radius 3 is 1.90 bits per heavy atom. The van der Waals surface area contributed by atoms with Gasteiger partial charge in [0.05, 0.1) is 11.4 Å². The number of fused-ring (bicyclic) bond motifs is 2. The van der Waals surface area contributed by atoms with E-state index in [4.69, 9.17) is 0 Å². The van der Waals surface area contributed by atoms with Crippen LogP contribution in [0.25, 0.3) is 0 Å². The normalized spacial score (nSPS) is 13.0. The lowest BCUT2D eigenvalue weighted by Crippen LogP contribution is -2.29. The predicted octanol–water partition coefficient (Wildman–Crippen LogP) is 5.61. The van der Waals surface area contributed by atoms with Gasteiger partial charge in [-0.3, -0.25) is 14.6 Å². The number of amides is 1. The zero-order valence-electron chi connectivity index (χ0n) is 17.3. The third-order valence-electron chi connectivity index (χ3n) is 5.87. The Kier molecular flexibility index (Phi) is 5.77.